The molecule has 0 bridgehead atoms. The van der Waals surface area contributed by atoms with Crippen molar-refractivity contribution >= 4 is 39.2 Å². The van der Waals surface area contributed by atoms with Crippen LogP contribution in [0.2, 0.25) is 10.0 Å². The second kappa shape index (κ2) is 5.48. The Hall–Kier alpha value is -0.890. The smallest absolute Gasteiger partial charge is 0.322 e. The number of aliphatic carboxylic acids is 1. The molecule has 1 atom stereocenters. The van der Waals surface area contributed by atoms with Crippen molar-refractivity contribution in [2.75, 3.05) is 6.54 Å². The molecule has 9 heteroatoms. The van der Waals surface area contributed by atoms with Gasteiger partial charge in [0.1, 0.15) is 10.9 Å². The molecule has 0 unspecified atom stereocenters. The van der Waals surface area contributed by atoms with Crippen LogP contribution >= 0.6 is 23.2 Å². The number of hydrogen-bond donors (Lipinski definition) is 1. The summed E-state index contributed by atoms with van der Waals surface area (Å²) in [6, 6.07) is 0.983. The third kappa shape index (κ3) is 2.50. The van der Waals surface area contributed by atoms with Crippen LogP contribution in [0.1, 0.15) is 12.8 Å². The standard InChI is InChI=1S/C11H10Cl2FNO4S/c12-6-3-4-8(9(13)10(6)14)20(18,19)15-5-1-2-7(15)11(16)17/h3-4,7H,1-2,5H2,(H,16,17)/t7-/m0/s1. The van der Waals surface area contributed by atoms with E-state index < -0.39 is 37.8 Å². The molecule has 1 saturated heterocycles. The first-order valence-corrected chi connectivity index (χ1v) is 7.84. The second-order valence-electron chi connectivity index (χ2n) is 4.29. The van der Waals surface area contributed by atoms with Crippen molar-refractivity contribution in [2.45, 2.75) is 23.8 Å². The van der Waals surface area contributed by atoms with E-state index >= 15 is 0 Å². The molecule has 110 valence electrons. The van der Waals surface area contributed by atoms with Crippen LogP contribution in [0, 0.1) is 5.82 Å². The molecule has 0 spiro atoms. The fourth-order valence-corrected chi connectivity index (χ4v) is 4.48. The highest BCUT2D eigenvalue weighted by Gasteiger charge is 2.40. The topological polar surface area (TPSA) is 74.7 Å². The van der Waals surface area contributed by atoms with E-state index in [0.29, 0.717) is 6.42 Å². The molecule has 2 rings (SSSR count). The van der Waals surface area contributed by atoms with Crippen LogP contribution in [0.15, 0.2) is 17.0 Å². The molecule has 1 aliphatic rings. The maximum absolute atomic E-state index is 13.6. The van der Waals surface area contributed by atoms with Gasteiger partial charge in [0.15, 0.2) is 5.82 Å². The Labute approximate surface area is 124 Å². The van der Waals surface area contributed by atoms with E-state index in [4.69, 9.17) is 28.3 Å². The van der Waals surface area contributed by atoms with Crippen molar-refractivity contribution in [3.8, 4) is 0 Å². The molecule has 0 aromatic heterocycles. The highest BCUT2D eigenvalue weighted by molar-refractivity contribution is 7.89. The average Bonchev–Trinajstić information content (AvgIpc) is 2.85. The van der Waals surface area contributed by atoms with Gasteiger partial charge < -0.3 is 5.11 Å². The number of carboxylic acids is 1. The largest absolute Gasteiger partial charge is 0.480 e. The number of rotatable bonds is 3. The number of hydrogen-bond acceptors (Lipinski definition) is 3. The number of carbonyl (C=O) groups is 1. The normalized spacial score (nSPS) is 20.2. The maximum atomic E-state index is 13.6. The van der Waals surface area contributed by atoms with Crippen molar-refractivity contribution < 1.29 is 22.7 Å². The summed E-state index contributed by atoms with van der Waals surface area (Å²) in [5.74, 6) is -2.28. The molecular weight excluding hydrogens is 332 g/mol. The van der Waals surface area contributed by atoms with Gasteiger partial charge in [0.05, 0.1) is 10.0 Å². The predicted octanol–water partition coefficient (Wildman–Crippen LogP) is 2.37. The van der Waals surface area contributed by atoms with Gasteiger partial charge in [0.25, 0.3) is 0 Å². The average molecular weight is 342 g/mol. The molecule has 20 heavy (non-hydrogen) atoms. The molecule has 5 nitrogen and oxygen atoms in total. The molecule has 1 heterocycles. The number of carboxylic acid groups (broad SMARTS) is 1. The van der Waals surface area contributed by atoms with Crippen LogP contribution < -0.4 is 0 Å². The highest BCUT2D eigenvalue weighted by Crippen LogP contribution is 2.34. The van der Waals surface area contributed by atoms with Crippen LogP contribution in [-0.4, -0.2) is 36.4 Å². The van der Waals surface area contributed by atoms with Gasteiger partial charge in [-0.25, -0.2) is 12.8 Å². The van der Waals surface area contributed by atoms with E-state index in [1.54, 1.807) is 0 Å². The van der Waals surface area contributed by atoms with Gasteiger partial charge in [0, 0.05) is 6.54 Å². The van der Waals surface area contributed by atoms with Gasteiger partial charge >= 0.3 is 5.97 Å². The lowest BCUT2D eigenvalue weighted by atomic mass is 10.2. The summed E-state index contributed by atoms with van der Waals surface area (Å²) in [6.07, 6.45) is 0.631. The van der Waals surface area contributed by atoms with Crippen molar-refractivity contribution in [1.29, 1.82) is 0 Å². The first-order chi connectivity index (χ1) is 9.26. The zero-order chi connectivity index (χ0) is 15.1. The zero-order valence-electron chi connectivity index (χ0n) is 10.0. The SMILES string of the molecule is O=C(O)[C@@H]1CCCN1S(=O)(=O)c1ccc(Cl)c(F)c1Cl. The monoisotopic (exact) mass is 341 g/mol. The van der Waals surface area contributed by atoms with Crippen LogP contribution in [0.5, 0.6) is 0 Å². The fraction of sp³-hybridized carbons (Fsp3) is 0.364. The number of sulfonamides is 1. The number of halogens is 3. The summed E-state index contributed by atoms with van der Waals surface area (Å²) >= 11 is 11.2. The van der Waals surface area contributed by atoms with Crippen LogP contribution in [0.25, 0.3) is 0 Å². The van der Waals surface area contributed by atoms with Gasteiger partial charge in [-0.15, -0.1) is 0 Å². The molecule has 1 aromatic carbocycles. The summed E-state index contributed by atoms with van der Waals surface area (Å²) in [6.45, 7) is 0.0554. The third-order valence-corrected chi connectivity index (χ3v) is 5.80. The summed E-state index contributed by atoms with van der Waals surface area (Å²) in [5.41, 5.74) is 0. The van der Waals surface area contributed by atoms with Crippen molar-refractivity contribution in [3.63, 3.8) is 0 Å². The fourth-order valence-electron chi connectivity index (χ4n) is 2.11. The van der Waals surface area contributed by atoms with E-state index in [-0.39, 0.29) is 18.0 Å². The molecule has 0 radical (unpaired) electrons. The number of nitrogens with zero attached hydrogens (tertiary/aromatic N) is 1. The molecule has 1 aromatic rings. The molecule has 1 N–H and O–H groups in total. The summed E-state index contributed by atoms with van der Waals surface area (Å²) in [7, 11) is -4.18. The van der Waals surface area contributed by atoms with Gasteiger partial charge in [-0.3, -0.25) is 4.79 Å². The Morgan fingerprint density at radius 2 is 2.05 bits per heavy atom. The lowest BCUT2D eigenvalue weighted by Gasteiger charge is -2.21. The highest BCUT2D eigenvalue weighted by atomic mass is 35.5. The molecule has 0 aliphatic carbocycles. The summed E-state index contributed by atoms with van der Waals surface area (Å²) in [4.78, 5) is 10.6. The Morgan fingerprint density at radius 1 is 1.40 bits per heavy atom. The van der Waals surface area contributed by atoms with Gasteiger partial charge in [-0.05, 0) is 25.0 Å². The van der Waals surface area contributed by atoms with Gasteiger partial charge in [-0.2, -0.15) is 4.31 Å². The Balaban J connectivity index is 2.51. The molecule has 1 fully saturated rings. The Bertz CT molecular complexity index is 665. The quantitative estimate of drug-likeness (QED) is 0.856. The van der Waals surface area contributed by atoms with Crippen LogP contribution in [0.3, 0.4) is 0 Å². The van der Waals surface area contributed by atoms with E-state index in [1.165, 1.54) is 0 Å². The van der Waals surface area contributed by atoms with Gasteiger partial charge in [0.2, 0.25) is 10.0 Å². The summed E-state index contributed by atoms with van der Waals surface area (Å²) < 4.78 is 39.2. The van der Waals surface area contributed by atoms with E-state index in [1.807, 2.05) is 0 Å². The lowest BCUT2D eigenvalue weighted by Crippen LogP contribution is -2.40. The minimum Gasteiger partial charge on any atom is -0.480 e. The Morgan fingerprint density at radius 3 is 2.65 bits per heavy atom. The van der Waals surface area contributed by atoms with Crippen molar-refractivity contribution in [2.24, 2.45) is 0 Å². The minimum absolute atomic E-state index is 0.0554. The molecule has 0 saturated carbocycles. The molecule has 0 amide bonds. The first-order valence-electron chi connectivity index (χ1n) is 5.65. The van der Waals surface area contributed by atoms with Crippen LogP contribution in [0.4, 0.5) is 4.39 Å². The van der Waals surface area contributed by atoms with Gasteiger partial charge in [-0.1, -0.05) is 23.2 Å². The van der Waals surface area contributed by atoms with Crippen LogP contribution in [-0.2, 0) is 14.8 Å². The first kappa shape index (κ1) is 15.5. The minimum atomic E-state index is -4.18. The number of benzene rings is 1. The lowest BCUT2D eigenvalue weighted by molar-refractivity contribution is -0.140. The van der Waals surface area contributed by atoms with E-state index in [2.05, 4.69) is 0 Å². The van der Waals surface area contributed by atoms with E-state index in [9.17, 15) is 17.6 Å². The maximum Gasteiger partial charge on any atom is 0.322 e. The van der Waals surface area contributed by atoms with Crippen molar-refractivity contribution in [1.82, 2.24) is 4.31 Å². The molecule has 1 aliphatic heterocycles. The van der Waals surface area contributed by atoms with E-state index in [0.717, 1.165) is 16.4 Å². The second-order valence-corrected chi connectivity index (χ2v) is 6.93. The summed E-state index contributed by atoms with van der Waals surface area (Å²) in [5, 5.41) is 8.10. The Kier molecular flexibility index (Phi) is 4.24. The van der Waals surface area contributed by atoms with Crippen molar-refractivity contribution in [3.05, 3.63) is 28.0 Å². The zero-order valence-corrected chi connectivity index (χ0v) is 12.3. The third-order valence-electron chi connectivity index (χ3n) is 3.08. The molecular formula is C11H10Cl2FNO4S. The predicted molar refractivity (Wildman–Crippen MR) is 71.0 cm³/mol.